The van der Waals surface area contributed by atoms with Crippen LogP contribution in [-0.4, -0.2) is 6.04 Å². The Morgan fingerprint density at radius 2 is 1.68 bits per heavy atom. The highest BCUT2D eigenvalue weighted by Crippen LogP contribution is 2.21. The van der Waals surface area contributed by atoms with E-state index in [9.17, 15) is 8.78 Å². The van der Waals surface area contributed by atoms with E-state index < -0.39 is 0 Å². The van der Waals surface area contributed by atoms with E-state index in [-0.39, 0.29) is 17.7 Å². The minimum Gasteiger partial charge on any atom is -0.327 e. The molecule has 2 aromatic rings. The summed E-state index contributed by atoms with van der Waals surface area (Å²) in [6.07, 6.45) is 0.897. The van der Waals surface area contributed by atoms with Crippen molar-refractivity contribution in [3.63, 3.8) is 0 Å². The van der Waals surface area contributed by atoms with Gasteiger partial charge in [0.25, 0.3) is 0 Å². The van der Waals surface area contributed by atoms with Crippen LogP contribution < -0.4 is 5.73 Å². The second kappa shape index (κ2) is 6.13. The fraction of sp³-hybridized carbons (Fsp3) is 0.200. The standard InChI is InChI=1S/C15H14ClF2N/c16-14-2-1-3-15(18)13(14)9-12(19)8-10-4-6-11(17)7-5-10/h1-7,12H,8-9,19H2. The minimum atomic E-state index is -0.345. The van der Waals surface area contributed by atoms with Crippen LogP contribution in [0.1, 0.15) is 11.1 Å². The summed E-state index contributed by atoms with van der Waals surface area (Å²) in [7, 11) is 0. The highest BCUT2D eigenvalue weighted by molar-refractivity contribution is 6.31. The zero-order chi connectivity index (χ0) is 13.8. The van der Waals surface area contributed by atoms with Gasteiger partial charge < -0.3 is 5.73 Å². The Morgan fingerprint density at radius 3 is 2.32 bits per heavy atom. The van der Waals surface area contributed by atoms with E-state index in [2.05, 4.69) is 0 Å². The van der Waals surface area contributed by atoms with Crippen molar-refractivity contribution in [2.24, 2.45) is 5.73 Å². The third-order valence-electron chi connectivity index (χ3n) is 2.94. The summed E-state index contributed by atoms with van der Waals surface area (Å²) in [5.41, 5.74) is 7.34. The lowest BCUT2D eigenvalue weighted by Crippen LogP contribution is -2.26. The van der Waals surface area contributed by atoms with Crippen LogP contribution in [0.3, 0.4) is 0 Å². The summed E-state index contributed by atoms with van der Waals surface area (Å²) in [6, 6.07) is 10.4. The Labute approximate surface area is 116 Å². The molecule has 0 aliphatic heterocycles. The largest absolute Gasteiger partial charge is 0.327 e. The smallest absolute Gasteiger partial charge is 0.127 e. The van der Waals surface area contributed by atoms with Crippen molar-refractivity contribution in [2.45, 2.75) is 18.9 Å². The van der Waals surface area contributed by atoms with E-state index in [1.54, 1.807) is 24.3 Å². The Kier molecular flexibility index (Phi) is 4.51. The van der Waals surface area contributed by atoms with Crippen LogP contribution in [0.5, 0.6) is 0 Å². The average Bonchev–Trinajstić information content (AvgIpc) is 2.37. The van der Waals surface area contributed by atoms with Crippen molar-refractivity contribution in [2.75, 3.05) is 0 Å². The molecule has 1 atom stereocenters. The maximum absolute atomic E-state index is 13.6. The van der Waals surface area contributed by atoms with E-state index in [4.69, 9.17) is 17.3 Å². The highest BCUT2D eigenvalue weighted by atomic mass is 35.5. The number of nitrogens with two attached hydrogens (primary N) is 1. The third-order valence-corrected chi connectivity index (χ3v) is 3.29. The van der Waals surface area contributed by atoms with Crippen molar-refractivity contribution in [1.82, 2.24) is 0 Å². The van der Waals surface area contributed by atoms with Gasteiger partial charge in [-0.15, -0.1) is 0 Å². The number of benzene rings is 2. The fourth-order valence-electron chi connectivity index (χ4n) is 1.98. The van der Waals surface area contributed by atoms with Gasteiger partial charge in [0, 0.05) is 16.6 Å². The van der Waals surface area contributed by atoms with Crippen LogP contribution in [0.25, 0.3) is 0 Å². The molecule has 0 aromatic heterocycles. The normalized spacial score (nSPS) is 12.4. The SMILES string of the molecule is NC(Cc1ccc(F)cc1)Cc1c(F)cccc1Cl. The van der Waals surface area contributed by atoms with E-state index in [1.165, 1.54) is 18.2 Å². The highest BCUT2D eigenvalue weighted by Gasteiger charge is 2.12. The Bertz CT molecular complexity index is 534. The summed E-state index contributed by atoms with van der Waals surface area (Å²) < 4.78 is 26.4. The van der Waals surface area contributed by atoms with Gasteiger partial charge in [0.05, 0.1) is 0 Å². The van der Waals surface area contributed by atoms with Crippen LogP contribution in [0.2, 0.25) is 5.02 Å². The molecular weight excluding hydrogens is 268 g/mol. The van der Waals surface area contributed by atoms with Gasteiger partial charge in [0.2, 0.25) is 0 Å². The molecule has 0 saturated carbocycles. The predicted octanol–water partition coefficient (Wildman–Crippen LogP) is 3.73. The molecule has 1 unspecified atom stereocenters. The summed E-state index contributed by atoms with van der Waals surface area (Å²) in [6.45, 7) is 0. The van der Waals surface area contributed by atoms with Crippen LogP contribution >= 0.6 is 11.6 Å². The molecule has 0 heterocycles. The van der Waals surface area contributed by atoms with Crippen LogP contribution in [0, 0.1) is 11.6 Å². The summed E-state index contributed by atoms with van der Waals surface area (Å²) in [4.78, 5) is 0. The van der Waals surface area contributed by atoms with Crippen molar-refractivity contribution < 1.29 is 8.78 Å². The van der Waals surface area contributed by atoms with Gasteiger partial charge in [-0.2, -0.15) is 0 Å². The van der Waals surface area contributed by atoms with Crippen LogP contribution in [-0.2, 0) is 12.8 Å². The van der Waals surface area contributed by atoms with Gasteiger partial charge >= 0.3 is 0 Å². The van der Waals surface area contributed by atoms with Gasteiger partial charge in [-0.3, -0.25) is 0 Å². The molecular formula is C15H14ClF2N. The fourth-order valence-corrected chi connectivity index (χ4v) is 2.23. The molecule has 4 heteroatoms. The van der Waals surface area contributed by atoms with E-state index in [0.29, 0.717) is 23.4 Å². The molecule has 0 amide bonds. The second-order valence-corrected chi connectivity index (χ2v) is 4.90. The first-order valence-corrected chi connectivity index (χ1v) is 6.37. The van der Waals surface area contributed by atoms with Crippen molar-refractivity contribution in [1.29, 1.82) is 0 Å². The summed E-state index contributed by atoms with van der Waals surface area (Å²) in [5, 5.41) is 0.384. The molecule has 0 saturated heterocycles. The molecule has 19 heavy (non-hydrogen) atoms. The Balaban J connectivity index is 2.05. The van der Waals surface area contributed by atoms with Gasteiger partial charge in [-0.25, -0.2) is 8.78 Å². The van der Waals surface area contributed by atoms with E-state index >= 15 is 0 Å². The lowest BCUT2D eigenvalue weighted by molar-refractivity contribution is 0.583. The Hall–Kier alpha value is -1.45. The predicted molar refractivity (Wildman–Crippen MR) is 73.2 cm³/mol. The van der Waals surface area contributed by atoms with Crippen LogP contribution in [0.15, 0.2) is 42.5 Å². The van der Waals surface area contributed by atoms with Crippen molar-refractivity contribution in [3.8, 4) is 0 Å². The first-order valence-electron chi connectivity index (χ1n) is 5.99. The second-order valence-electron chi connectivity index (χ2n) is 4.50. The molecule has 0 fully saturated rings. The molecule has 0 spiro atoms. The lowest BCUT2D eigenvalue weighted by Gasteiger charge is -2.13. The maximum atomic E-state index is 13.6. The molecule has 0 aliphatic rings. The van der Waals surface area contributed by atoms with E-state index in [1.807, 2.05) is 0 Å². The first kappa shape index (κ1) is 14.0. The topological polar surface area (TPSA) is 26.0 Å². The maximum Gasteiger partial charge on any atom is 0.127 e. The molecule has 2 aromatic carbocycles. The molecule has 1 nitrogen and oxygen atoms in total. The Morgan fingerprint density at radius 1 is 1.00 bits per heavy atom. The monoisotopic (exact) mass is 281 g/mol. The van der Waals surface area contributed by atoms with Crippen molar-refractivity contribution in [3.05, 3.63) is 70.2 Å². The molecule has 2 N–H and O–H groups in total. The zero-order valence-electron chi connectivity index (χ0n) is 10.2. The number of hydrogen-bond donors (Lipinski definition) is 1. The lowest BCUT2D eigenvalue weighted by atomic mass is 9.99. The summed E-state index contributed by atoms with van der Waals surface area (Å²) in [5.74, 6) is -0.628. The van der Waals surface area contributed by atoms with Gasteiger partial charge in [0.1, 0.15) is 11.6 Å². The van der Waals surface area contributed by atoms with Gasteiger partial charge in [-0.1, -0.05) is 29.8 Å². The first-order chi connectivity index (χ1) is 9.06. The number of halogens is 3. The molecule has 0 aliphatic carbocycles. The minimum absolute atomic E-state index is 0.264. The zero-order valence-corrected chi connectivity index (χ0v) is 11.0. The van der Waals surface area contributed by atoms with Crippen LogP contribution in [0.4, 0.5) is 8.78 Å². The molecule has 0 radical (unpaired) electrons. The summed E-state index contributed by atoms with van der Waals surface area (Å²) >= 11 is 5.95. The molecule has 2 rings (SSSR count). The average molecular weight is 282 g/mol. The van der Waals surface area contributed by atoms with Crippen molar-refractivity contribution >= 4 is 11.6 Å². The number of rotatable bonds is 4. The molecule has 0 bridgehead atoms. The quantitative estimate of drug-likeness (QED) is 0.908. The number of hydrogen-bond acceptors (Lipinski definition) is 1. The molecule has 100 valence electrons. The van der Waals surface area contributed by atoms with Gasteiger partial charge in [0.15, 0.2) is 0 Å². The third kappa shape index (κ3) is 3.75. The van der Waals surface area contributed by atoms with E-state index in [0.717, 1.165) is 5.56 Å². The van der Waals surface area contributed by atoms with Gasteiger partial charge in [-0.05, 0) is 42.7 Å².